The largest absolute Gasteiger partial charge is 0.464 e. The lowest BCUT2D eigenvalue weighted by Crippen LogP contribution is -2.25. The normalized spacial score (nSPS) is 15.5. The van der Waals surface area contributed by atoms with Gasteiger partial charge in [0.2, 0.25) is 10.0 Å². The molecule has 1 heterocycles. The van der Waals surface area contributed by atoms with E-state index in [1.807, 2.05) is 0 Å². The number of ether oxygens (including phenoxy) is 1. The molecule has 0 unspecified atom stereocenters. The summed E-state index contributed by atoms with van der Waals surface area (Å²) in [5, 5.41) is 3.31. The topological polar surface area (TPSA) is 80.6 Å². The fraction of sp³-hybridized carbons (Fsp3) is 0.714. The number of aryl methyl sites for hydroxylation is 1. The van der Waals surface area contributed by atoms with E-state index < -0.39 is 10.0 Å². The number of hydrogen-bond acceptors (Lipinski definition) is 5. The second-order valence-electron chi connectivity index (χ2n) is 5.39. The Bertz CT molecular complexity index is 549. The lowest BCUT2D eigenvalue weighted by Gasteiger charge is -2.05. The Labute approximate surface area is 126 Å². The molecule has 1 aliphatic rings. The third kappa shape index (κ3) is 5.10. The Morgan fingerprint density at radius 1 is 1.38 bits per heavy atom. The first-order valence-electron chi connectivity index (χ1n) is 7.34. The van der Waals surface area contributed by atoms with Crippen molar-refractivity contribution in [1.29, 1.82) is 0 Å². The molecule has 0 saturated heterocycles. The average molecular weight is 316 g/mol. The van der Waals surface area contributed by atoms with Crippen LogP contribution in [0.5, 0.6) is 0 Å². The molecule has 21 heavy (non-hydrogen) atoms. The monoisotopic (exact) mass is 316 g/mol. The van der Waals surface area contributed by atoms with Gasteiger partial charge in [-0.15, -0.1) is 0 Å². The lowest BCUT2D eigenvalue weighted by molar-refractivity contribution is 0.193. The summed E-state index contributed by atoms with van der Waals surface area (Å²) in [5.74, 6) is 1.10. The smallest absolute Gasteiger partial charge is 0.244 e. The first-order valence-corrected chi connectivity index (χ1v) is 8.82. The van der Waals surface area contributed by atoms with Gasteiger partial charge in [-0.05, 0) is 32.6 Å². The molecular weight excluding hydrogens is 292 g/mol. The highest BCUT2D eigenvalue weighted by atomic mass is 32.2. The summed E-state index contributed by atoms with van der Waals surface area (Å²) in [6.07, 6.45) is 3.96. The maximum atomic E-state index is 12.2. The fourth-order valence-corrected chi connectivity index (χ4v) is 3.34. The number of sulfonamides is 1. The highest BCUT2D eigenvalue weighted by Crippen LogP contribution is 2.22. The second-order valence-corrected chi connectivity index (χ2v) is 7.12. The van der Waals surface area contributed by atoms with Crippen LogP contribution in [0.3, 0.4) is 0 Å². The second kappa shape index (κ2) is 7.40. The fourth-order valence-electron chi connectivity index (χ4n) is 2.07. The molecule has 0 atom stereocenters. The van der Waals surface area contributed by atoms with Gasteiger partial charge in [0, 0.05) is 32.4 Å². The highest BCUT2D eigenvalue weighted by molar-refractivity contribution is 7.89. The Hall–Kier alpha value is -0.890. The van der Waals surface area contributed by atoms with Gasteiger partial charge in [0.15, 0.2) is 0 Å². The van der Waals surface area contributed by atoms with E-state index in [-0.39, 0.29) is 4.90 Å². The molecule has 2 rings (SSSR count). The maximum absolute atomic E-state index is 12.2. The molecule has 6 nitrogen and oxygen atoms in total. The number of nitrogens with one attached hydrogen (secondary N) is 2. The number of rotatable bonds is 10. The third-order valence-electron chi connectivity index (χ3n) is 3.42. The number of furan rings is 1. The van der Waals surface area contributed by atoms with Gasteiger partial charge in [-0.2, -0.15) is 0 Å². The van der Waals surface area contributed by atoms with Gasteiger partial charge in [0.05, 0.1) is 6.54 Å². The SMILES string of the molecule is COCCCCNS(=O)(=O)c1cc(CNC2CC2)oc1C. The van der Waals surface area contributed by atoms with Crippen LogP contribution in [0, 0.1) is 6.92 Å². The summed E-state index contributed by atoms with van der Waals surface area (Å²) < 4.78 is 37.5. The third-order valence-corrected chi connectivity index (χ3v) is 4.99. The lowest BCUT2D eigenvalue weighted by atomic mass is 10.3. The van der Waals surface area contributed by atoms with E-state index in [1.54, 1.807) is 20.1 Å². The minimum absolute atomic E-state index is 0.238. The van der Waals surface area contributed by atoms with Gasteiger partial charge in [-0.25, -0.2) is 13.1 Å². The summed E-state index contributed by atoms with van der Waals surface area (Å²) in [6, 6.07) is 2.18. The molecule has 0 bridgehead atoms. The zero-order valence-electron chi connectivity index (χ0n) is 12.6. The molecule has 0 aromatic carbocycles. The molecular formula is C14H24N2O4S. The van der Waals surface area contributed by atoms with Crippen LogP contribution in [0.15, 0.2) is 15.4 Å². The molecule has 1 aromatic rings. The van der Waals surface area contributed by atoms with Gasteiger partial charge >= 0.3 is 0 Å². The van der Waals surface area contributed by atoms with Crippen molar-refractivity contribution in [1.82, 2.24) is 10.0 Å². The molecule has 1 aliphatic carbocycles. The van der Waals surface area contributed by atoms with E-state index >= 15 is 0 Å². The van der Waals surface area contributed by atoms with Gasteiger partial charge in [-0.3, -0.25) is 0 Å². The summed E-state index contributed by atoms with van der Waals surface area (Å²) >= 11 is 0. The van der Waals surface area contributed by atoms with Crippen LogP contribution < -0.4 is 10.0 Å². The van der Waals surface area contributed by atoms with Crippen molar-refractivity contribution in [3.8, 4) is 0 Å². The van der Waals surface area contributed by atoms with Crippen LogP contribution in [0.4, 0.5) is 0 Å². The van der Waals surface area contributed by atoms with Crippen LogP contribution in [-0.2, 0) is 21.3 Å². The Balaban J connectivity index is 1.88. The number of methoxy groups -OCH3 is 1. The number of unbranched alkanes of at least 4 members (excludes halogenated alkanes) is 1. The molecule has 0 aliphatic heterocycles. The predicted molar refractivity (Wildman–Crippen MR) is 79.6 cm³/mol. The number of hydrogen-bond donors (Lipinski definition) is 2. The molecule has 120 valence electrons. The van der Waals surface area contributed by atoms with E-state index in [0.29, 0.717) is 37.3 Å². The first kappa shape index (κ1) is 16.5. The maximum Gasteiger partial charge on any atom is 0.244 e. The standard InChI is InChI=1S/C14H24N2O4S/c1-11-14(9-13(20-11)10-15-12-5-6-12)21(17,18)16-7-3-4-8-19-2/h9,12,15-16H,3-8,10H2,1-2H3. The van der Waals surface area contributed by atoms with Crippen molar-refractivity contribution in [2.75, 3.05) is 20.3 Å². The van der Waals surface area contributed by atoms with Gasteiger partial charge in [-0.1, -0.05) is 0 Å². The minimum Gasteiger partial charge on any atom is -0.464 e. The molecule has 0 spiro atoms. The average Bonchev–Trinajstić information content (AvgIpc) is 3.18. The molecule has 0 amide bonds. The van der Waals surface area contributed by atoms with Crippen LogP contribution in [0.25, 0.3) is 0 Å². The van der Waals surface area contributed by atoms with Crippen LogP contribution in [0.1, 0.15) is 37.2 Å². The van der Waals surface area contributed by atoms with Gasteiger partial charge < -0.3 is 14.5 Å². The van der Waals surface area contributed by atoms with E-state index in [1.165, 1.54) is 12.8 Å². The minimum atomic E-state index is -3.49. The van der Waals surface area contributed by atoms with Crippen molar-refractivity contribution in [3.63, 3.8) is 0 Å². The van der Waals surface area contributed by atoms with Crippen molar-refractivity contribution in [2.45, 2.75) is 50.1 Å². The summed E-state index contributed by atoms with van der Waals surface area (Å²) in [6.45, 7) is 3.31. The molecule has 1 saturated carbocycles. The Morgan fingerprint density at radius 2 is 2.14 bits per heavy atom. The predicted octanol–water partition coefficient (Wildman–Crippen LogP) is 1.54. The van der Waals surface area contributed by atoms with Gasteiger partial charge in [0.25, 0.3) is 0 Å². The van der Waals surface area contributed by atoms with E-state index in [9.17, 15) is 8.42 Å². The Morgan fingerprint density at radius 3 is 2.81 bits per heavy atom. The Kier molecular flexibility index (Phi) is 5.80. The summed E-state index contributed by atoms with van der Waals surface area (Å²) in [7, 11) is -1.86. The molecule has 7 heteroatoms. The zero-order chi connectivity index (χ0) is 15.3. The molecule has 2 N–H and O–H groups in total. The zero-order valence-corrected chi connectivity index (χ0v) is 13.5. The summed E-state index contributed by atoms with van der Waals surface area (Å²) in [4.78, 5) is 0.238. The van der Waals surface area contributed by atoms with Crippen molar-refractivity contribution in [3.05, 3.63) is 17.6 Å². The molecule has 0 radical (unpaired) electrons. The van der Waals surface area contributed by atoms with Crippen molar-refractivity contribution < 1.29 is 17.6 Å². The van der Waals surface area contributed by atoms with Crippen molar-refractivity contribution in [2.24, 2.45) is 0 Å². The highest BCUT2D eigenvalue weighted by Gasteiger charge is 2.23. The van der Waals surface area contributed by atoms with Crippen LogP contribution in [-0.4, -0.2) is 34.7 Å². The van der Waals surface area contributed by atoms with E-state index in [2.05, 4.69) is 10.0 Å². The summed E-state index contributed by atoms with van der Waals surface area (Å²) in [5.41, 5.74) is 0. The van der Waals surface area contributed by atoms with E-state index in [0.717, 1.165) is 12.8 Å². The van der Waals surface area contributed by atoms with E-state index in [4.69, 9.17) is 9.15 Å². The molecule has 1 aromatic heterocycles. The quantitative estimate of drug-likeness (QED) is 0.640. The van der Waals surface area contributed by atoms with Crippen molar-refractivity contribution >= 4 is 10.0 Å². The van der Waals surface area contributed by atoms with Gasteiger partial charge in [0.1, 0.15) is 16.4 Å². The molecule has 1 fully saturated rings. The first-order chi connectivity index (χ1) is 10.0. The van der Waals surface area contributed by atoms with Crippen LogP contribution >= 0.6 is 0 Å². The van der Waals surface area contributed by atoms with Crippen LogP contribution in [0.2, 0.25) is 0 Å².